The standard InChI is InChI=1S/C14H23N3O4S/c1-13(2,3)10-8-11(16-21-10)15-12(18)14(4,5)22(19,20)17-9-6-7-9/h8-9,17H,6-7H2,1-5H3,(H,15,16,18). The van der Waals surface area contributed by atoms with E-state index in [-0.39, 0.29) is 17.3 Å². The summed E-state index contributed by atoms with van der Waals surface area (Å²) in [7, 11) is -3.76. The number of rotatable bonds is 5. The predicted molar refractivity (Wildman–Crippen MR) is 83.0 cm³/mol. The molecule has 1 heterocycles. The second-order valence-electron chi connectivity index (χ2n) is 7.19. The first-order valence-corrected chi connectivity index (χ1v) is 8.72. The Balaban J connectivity index is 2.11. The van der Waals surface area contributed by atoms with Crippen LogP contribution < -0.4 is 10.0 Å². The Kier molecular flexibility index (Phi) is 4.12. The summed E-state index contributed by atoms with van der Waals surface area (Å²) in [5.41, 5.74) is -0.245. The predicted octanol–water partition coefficient (Wildman–Crippen LogP) is 1.77. The van der Waals surface area contributed by atoms with Crippen LogP contribution in [0.15, 0.2) is 10.6 Å². The van der Waals surface area contributed by atoms with Gasteiger partial charge in [-0.3, -0.25) is 4.79 Å². The van der Waals surface area contributed by atoms with Crippen molar-refractivity contribution in [2.45, 2.75) is 63.7 Å². The highest BCUT2D eigenvalue weighted by atomic mass is 32.2. The Morgan fingerprint density at radius 1 is 1.27 bits per heavy atom. The molecule has 1 aliphatic rings. The fourth-order valence-electron chi connectivity index (χ4n) is 1.64. The molecule has 1 aromatic rings. The van der Waals surface area contributed by atoms with E-state index in [9.17, 15) is 13.2 Å². The lowest BCUT2D eigenvalue weighted by atomic mass is 9.93. The molecular formula is C14H23N3O4S. The Morgan fingerprint density at radius 2 is 1.86 bits per heavy atom. The molecule has 2 N–H and O–H groups in total. The number of amides is 1. The van der Waals surface area contributed by atoms with E-state index in [1.54, 1.807) is 6.07 Å². The molecule has 1 saturated carbocycles. The number of anilines is 1. The zero-order valence-electron chi connectivity index (χ0n) is 13.6. The SMILES string of the molecule is CC(C)(C)c1cc(NC(=O)C(C)(C)S(=O)(=O)NC2CC2)no1. The molecule has 0 saturated heterocycles. The molecule has 8 heteroatoms. The number of hydrogen-bond acceptors (Lipinski definition) is 5. The van der Waals surface area contributed by atoms with Gasteiger partial charge in [-0.2, -0.15) is 0 Å². The van der Waals surface area contributed by atoms with Gasteiger partial charge in [0.2, 0.25) is 15.9 Å². The Labute approximate surface area is 130 Å². The van der Waals surface area contributed by atoms with Gasteiger partial charge >= 0.3 is 0 Å². The zero-order valence-corrected chi connectivity index (χ0v) is 14.4. The highest BCUT2D eigenvalue weighted by Gasteiger charge is 2.44. The molecular weight excluding hydrogens is 306 g/mol. The molecule has 1 aromatic heterocycles. The Hall–Kier alpha value is -1.41. The first-order valence-electron chi connectivity index (χ1n) is 7.24. The number of carbonyl (C=O) groups is 1. The van der Waals surface area contributed by atoms with E-state index in [2.05, 4.69) is 15.2 Å². The fraction of sp³-hybridized carbons (Fsp3) is 0.714. The maximum Gasteiger partial charge on any atom is 0.247 e. The molecule has 0 aromatic carbocycles. The summed E-state index contributed by atoms with van der Waals surface area (Å²) >= 11 is 0. The summed E-state index contributed by atoms with van der Waals surface area (Å²) in [6.45, 7) is 8.60. The van der Waals surface area contributed by atoms with Crippen LogP contribution in [0.4, 0.5) is 5.82 Å². The fourth-order valence-corrected chi connectivity index (χ4v) is 2.91. The third kappa shape index (κ3) is 3.49. The molecule has 7 nitrogen and oxygen atoms in total. The molecule has 0 bridgehead atoms. The smallest absolute Gasteiger partial charge is 0.247 e. The first kappa shape index (κ1) is 17.0. The van der Waals surface area contributed by atoms with Crippen LogP contribution in [0.2, 0.25) is 0 Å². The van der Waals surface area contributed by atoms with E-state index >= 15 is 0 Å². The third-order valence-corrected chi connectivity index (χ3v) is 5.78. The van der Waals surface area contributed by atoms with E-state index in [0.717, 1.165) is 12.8 Å². The molecule has 0 unspecified atom stereocenters. The molecule has 124 valence electrons. The maximum absolute atomic E-state index is 12.3. The molecule has 22 heavy (non-hydrogen) atoms. The van der Waals surface area contributed by atoms with Crippen LogP contribution in [0, 0.1) is 0 Å². The average Bonchev–Trinajstić information content (AvgIpc) is 3.02. The molecule has 0 radical (unpaired) electrons. The Morgan fingerprint density at radius 3 is 2.32 bits per heavy atom. The topological polar surface area (TPSA) is 101 Å². The lowest BCUT2D eigenvalue weighted by Crippen LogP contribution is -2.50. The lowest BCUT2D eigenvalue weighted by Gasteiger charge is -2.23. The van der Waals surface area contributed by atoms with E-state index < -0.39 is 20.7 Å². The number of nitrogens with one attached hydrogen (secondary N) is 2. The van der Waals surface area contributed by atoms with Crippen LogP contribution in [0.1, 0.15) is 53.2 Å². The van der Waals surface area contributed by atoms with Crippen LogP contribution in [-0.4, -0.2) is 30.3 Å². The average molecular weight is 329 g/mol. The second-order valence-corrected chi connectivity index (χ2v) is 9.45. The molecule has 0 spiro atoms. The minimum absolute atomic E-state index is 0.0448. The summed E-state index contributed by atoms with van der Waals surface area (Å²) in [5.74, 6) is 0.179. The number of carbonyl (C=O) groups excluding carboxylic acids is 1. The van der Waals surface area contributed by atoms with Gasteiger partial charge < -0.3 is 9.84 Å². The second kappa shape index (κ2) is 5.34. The van der Waals surface area contributed by atoms with Crippen LogP contribution in [-0.2, 0) is 20.2 Å². The van der Waals surface area contributed by atoms with Gasteiger partial charge in [0.05, 0.1) is 0 Å². The summed E-state index contributed by atoms with van der Waals surface area (Å²) < 4.78 is 30.7. The van der Waals surface area contributed by atoms with Gasteiger partial charge in [-0.05, 0) is 26.7 Å². The largest absolute Gasteiger partial charge is 0.359 e. The van der Waals surface area contributed by atoms with E-state index in [1.807, 2.05) is 20.8 Å². The normalized spacial score (nSPS) is 16.6. The van der Waals surface area contributed by atoms with E-state index in [4.69, 9.17) is 4.52 Å². The lowest BCUT2D eigenvalue weighted by molar-refractivity contribution is -0.117. The number of nitrogens with zero attached hydrogens (tertiary/aromatic N) is 1. The highest BCUT2D eigenvalue weighted by Crippen LogP contribution is 2.27. The molecule has 2 rings (SSSR count). The van der Waals surface area contributed by atoms with Gasteiger partial charge in [-0.15, -0.1) is 0 Å². The van der Waals surface area contributed by atoms with E-state index in [1.165, 1.54) is 13.8 Å². The Bertz CT molecular complexity index is 667. The summed E-state index contributed by atoms with van der Waals surface area (Å²) in [5, 5.41) is 6.28. The number of aromatic nitrogens is 1. The molecule has 1 amide bonds. The number of sulfonamides is 1. The summed E-state index contributed by atoms with van der Waals surface area (Å²) in [6.07, 6.45) is 1.63. The molecule has 0 aliphatic heterocycles. The first-order chi connectivity index (χ1) is 9.93. The van der Waals surface area contributed by atoms with Crippen LogP contribution in [0.5, 0.6) is 0 Å². The van der Waals surface area contributed by atoms with Gasteiger partial charge in [-0.25, -0.2) is 13.1 Å². The molecule has 1 fully saturated rings. The summed E-state index contributed by atoms with van der Waals surface area (Å²) in [4.78, 5) is 12.3. The van der Waals surface area contributed by atoms with Crippen molar-refractivity contribution >= 4 is 21.7 Å². The minimum atomic E-state index is -3.76. The molecule has 1 aliphatic carbocycles. The van der Waals surface area contributed by atoms with Crippen molar-refractivity contribution < 1.29 is 17.7 Å². The maximum atomic E-state index is 12.3. The van der Waals surface area contributed by atoms with Crippen LogP contribution >= 0.6 is 0 Å². The van der Waals surface area contributed by atoms with Crippen molar-refractivity contribution in [2.75, 3.05) is 5.32 Å². The molecule has 0 atom stereocenters. The van der Waals surface area contributed by atoms with Crippen molar-refractivity contribution in [3.8, 4) is 0 Å². The highest BCUT2D eigenvalue weighted by molar-refractivity contribution is 7.91. The van der Waals surface area contributed by atoms with Crippen LogP contribution in [0.3, 0.4) is 0 Å². The van der Waals surface area contributed by atoms with Crippen LogP contribution in [0.25, 0.3) is 0 Å². The third-order valence-electron chi connectivity index (χ3n) is 3.61. The van der Waals surface area contributed by atoms with Crippen molar-refractivity contribution in [3.63, 3.8) is 0 Å². The van der Waals surface area contributed by atoms with Crippen molar-refractivity contribution in [2.24, 2.45) is 0 Å². The van der Waals surface area contributed by atoms with Gasteiger partial charge in [0.25, 0.3) is 0 Å². The van der Waals surface area contributed by atoms with Gasteiger partial charge in [0.15, 0.2) is 10.6 Å². The van der Waals surface area contributed by atoms with Crippen molar-refractivity contribution in [1.29, 1.82) is 0 Å². The van der Waals surface area contributed by atoms with Crippen molar-refractivity contribution in [3.05, 3.63) is 11.8 Å². The van der Waals surface area contributed by atoms with Crippen molar-refractivity contribution in [1.82, 2.24) is 9.88 Å². The van der Waals surface area contributed by atoms with E-state index in [0.29, 0.717) is 5.76 Å². The monoisotopic (exact) mass is 329 g/mol. The summed E-state index contributed by atoms with van der Waals surface area (Å²) in [6, 6.07) is 1.56. The minimum Gasteiger partial charge on any atom is -0.359 e. The number of hydrogen-bond donors (Lipinski definition) is 2. The van der Waals surface area contributed by atoms with Gasteiger partial charge in [0.1, 0.15) is 5.76 Å². The van der Waals surface area contributed by atoms with Gasteiger partial charge in [0, 0.05) is 17.5 Å². The zero-order chi connectivity index (χ0) is 16.8. The van der Waals surface area contributed by atoms with Gasteiger partial charge in [-0.1, -0.05) is 25.9 Å². The quantitative estimate of drug-likeness (QED) is 0.857.